The Kier molecular flexibility index (Phi) is 4.38. The van der Waals surface area contributed by atoms with Gasteiger partial charge < -0.3 is 9.73 Å². The molecule has 0 spiro atoms. The number of carbonyl (C=O) groups excluding carboxylic acids is 1. The third-order valence-electron chi connectivity index (χ3n) is 4.34. The number of rotatable bonds is 4. The van der Waals surface area contributed by atoms with Gasteiger partial charge in [0.15, 0.2) is 5.76 Å². The number of aryl methyl sites for hydroxylation is 1. The van der Waals surface area contributed by atoms with Gasteiger partial charge in [0.2, 0.25) is 0 Å². The minimum atomic E-state index is -0.0815. The van der Waals surface area contributed by atoms with Crippen LogP contribution in [0.1, 0.15) is 36.7 Å². The molecule has 124 valence electrons. The Morgan fingerprint density at radius 1 is 1.17 bits per heavy atom. The van der Waals surface area contributed by atoms with E-state index in [0.29, 0.717) is 22.9 Å². The van der Waals surface area contributed by atoms with Gasteiger partial charge in [-0.05, 0) is 50.1 Å². The molecular weight excluding hydrogens is 300 g/mol. The summed E-state index contributed by atoms with van der Waals surface area (Å²) in [5.41, 5.74) is 3.18. The molecule has 0 saturated heterocycles. The first-order chi connectivity index (χ1) is 11.5. The van der Waals surface area contributed by atoms with E-state index < -0.39 is 0 Å². The fourth-order valence-corrected chi connectivity index (χ4v) is 2.53. The van der Waals surface area contributed by atoms with Crippen molar-refractivity contribution < 1.29 is 9.21 Å². The molecule has 3 rings (SSSR count). The summed E-state index contributed by atoms with van der Waals surface area (Å²) in [6.45, 7) is 8.21. The number of nitrogens with zero attached hydrogens (tertiary/aromatic N) is 1. The minimum absolute atomic E-state index is 0.0815. The maximum Gasteiger partial charge on any atom is 0.252 e. The second kappa shape index (κ2) is 6.48. The number of hydrogen-bond acceptors (Lipinski definition) is 3. The molecule has 0 bridgehead atoms. The van der Waals surface area contributed by atoms with Gasteiger partial charge >= 0.3 is 0 Å². The predicted octanol–water partition coefficient (Wildman–Crippen LogP) is 4.58. The molecule has 0 radical (unpaired) electrons. The zero-order valence-corrected chi connectivity index (χ0v) is 14.5. The van der Waals surface area contributed by atoms with E-state index >= 15 is 0 Å². The normalized spacial score (nSPS) is 12.5. The van der Waals surface area contributed by atoms with Crippen LogP contribution in [0.2, 0.25) is 0 Å². The standard InChI is InChI=1S/C20H22N2O2/c1-12(2)14(4)21-20(23)16-11-18(19-6-5-9-24-19)22-17-8-7-13(3)10-15(16)17/h5-12,14H,1-4H3,(H,21,23). The summed E-state index contributed by atoms with van der Waals surface area (Å²) in [5, 5.41) is 3.94. The van der Waals surface area contributed by atoms with Crippen LogP contribution in [0.5, 0.6) is 0 Å². The molecule has 1 atom stereocenters. The van der Waals surface area contributed by atoms with Crippen LogP contribution in [0.3, 0.4) is 0 Å². The first-order valence-electron chi connectivity index (χ1n) is 8.22. The van der Waals surface area contributed by atoms with Gasteiger partial charge in [0.05, 0.1) is 17.3 Å². The molecule has 3 aromatic rings. The number of nitrogens with one attached hydrogen (secondary N) is 1. The SMILES string of the molecule is Cc1ccc2nc(-c3ccco3)cc(C(=O)NC(C)C(C)C)c2c1. The molecule has 4 nitrogen and oxygen atoms in total. The van der Waals surface area contributed by atoms with Crippen molar-refractivity contribution in [3.63, 3.8) is 0 Å². The van der Waals surface area contributed by atoms with Crippen LogP contribution in [0.25, 0.3) is 22.4 Å². The van der Waals surface area contributed by atoms with E-state index in [2.05, 4.69) is 24.1 Å². The van der Waals surface area contributed by atoms with E-state index in [1.165, 1.54) is 0 Å². The molecule has 0 aliphatic rings. The van der Waals surface area contributed by atoms with Crippen LogP contribution in [-0.2, 0) is 0 Å². The third-order valence-corrected chi connectivity index (χ3v) is 4.34. The largest absolute Gasteiger partial charge is 0.463 e. The van der Waals surface area contributed by atoms with Crippen molar-refractivity contribution >= 4 is 16.8 Å². The Balaban J connectivity index is 2.13. The summed E-state index contributed by atoms with van der Waals surface area (Å²) in [6, 6.07) is 11.5. The van der Waals surface area contributed by atoms with Gasteiger partial charge in [0.25, 0.3) is 5.91 Å². The molecule has 1 unspecified atom stereocenters. The Morgan fingerprint density at radius 3 is 2.62 bits per heavy atom. The molecule has 4 heteroatoms. The number of amides is 1. The van der Waals surface area contributed by atoms with E-state index in [1.54, 1.807) is 6.26 Å². The molecule has 0 aliphatic carbocycles. The van der Waals surface area contributed by atoms with Gasteiger partial charge in [-0.3, -0.25) is 4.79 Å². The number of benzene rings is 1. The molecule has 1 N–H and O–H groups in total. The lowest BCUT2D eigenvalue weighted by molar-refractivity contribution is 0.0932. The van der Waals surface area contributed by atoms with Gasteiger partial charge in [-0.1, -0.05) is 25.5 Å². The summed E-state index contributed by atoms with van der Waals surface area (Å²) in [5.74, 6) is 0.943. The molecule has 1 amide bonds. The van der Waals surface area contributed by atoms with Gasteiger partial charge in [-0.15, -0.1) is 0 Å². The topological polar surface area (TPSA) is 55.1 Å². The lowest BCUT2D eigenvalue weighted by Gasteiger charge is -2.18. The number of aromatic nitrogens is 1. The first-order valence-corrected chi connectivity index (χ1v) is 8.22. The van der Waals surface area contributed by atoms with E-state index in [0.717, 1.165) is 16.5 Å². The molecule has 24 heavy (non-hydrogen) atoms. The van der Waals surface area contributed by atoms with Crippen LogP contribution in [0, 0.1) is 12.8 Å². The van der Waals surface area contributed by atoms with Crippen molar-refractivity contribution in [2.24, 2.45) is 5.92 Å². The molecule has 0 fully saturated rings. The van der Waals surface area contributed by atoms with Crippen LogP contribution in [-0.4, -0.2) is 16.9 Å². The molecule has 0 aliphatic heterocycles. The smallest absolute Gasteiger partial charge is 0.252 e. The zero-order chi connectivity index (χ0) is 17.3. The van der Waals surface area contributed by atoms with Crippen LogP contribution >= 0.6 is 0 Å². The van der Waals surface area contributed by atoms with E-state index in [4.69, 9.17) is 4.42 Å². The summed E-state index contributed by atoms with van der Waals surface area (Å²) in [4.78, 5) is 17.5. The third kappa shape index (κ3) is 3.18. The molecular formula is C20H22N2O2. The second-order valence-corrected chi connectivity index (χ2v) is 6.56. The second-order valence-electron chi connectivity index (χ2n) is 6.56. The molecule has 1 aromatic carbocycles. The van der Waals surface area contributed by atoms with Crippen LogP contribution < -0.4 is 5.32 Å². The highest BCUT2D eigenvalue weighted by Gasteiger charge is 2.18. The monoisotopic (exact) mass is 322 g/mol. The molecule has 0 saturated carbocycles. The van der Waals surface area contributed by atoms with Gasteiger partial charge in [-0.2, -0.15) is 0 Å². The lowest BCUT2D eigenvalue weighted by atomic mass is 10.0. The lowest BCUT2D eigenvalue weighted by Crippen LogP contribution is -2.36. The Labute approximate surface area is 141 Å². The Bertz CT molecular complexity index is 867. The maximum absolute atomic E-state index is 12.8. The van der Waals surface area contributed by atoms with E-state index in [1.807, 2.05) is 50.2 Å². The van der Waals surface area contributed by atoms with Crippen LogP contribution in [0.15, 0.2) is 47.1 Å². The summed E-state index contributed by atoms with van der Waals surface area (Å²) >= 11 is 0. The zero-order valence-electron chi connectivity index (χ0n) is 14.5. The highest BCUT2D eigenvalue weighted by atomic mass is 16.3. The summed E-state index contributed by atoms with van der Waals surface area (Å²) < 4.78 is 5.45. The number of carbonyl (C=O) groups is 1. The minimum Gasteiger partial charge on any atom is -0.463 e. The fourth-order valence-electron chi connectivity index (χ4n) is 2.53. The van der Waals surface area contributed by atoms with Crippen molar-refractivity contribution in [1.29, 1.82) is 0 Å². The highest BCUT2D eigenvalue weighted by Crippen LogP contribution is 2.26. The fraction of sp³-hybridized carbons (Fsp3) is 0.300. The number of pyridine rings is 1. The van der Waals surface area contributed by atoms with Crippen molar-refractivity contribution in [2.75, 3.05) is 0 Å². The van der Waals surface area contributed by atoms with E-state index in [9.17, 15) is 4.79 Å². The number of hydrogen-bond donors (Lipinski definition) is 1. The van der Waals surface area contributed by atoms with Gasteiger partial charge in [0, 0.05) is 11.4 Å². The quantitative estimate of drug-likeness (QED) is 0.765. The summed E-state index contributed by atoms with van der Waals surface area (Å²) in [7, 11) is 0. The summed E-state index contributed by atoms with van der Waals surface area (Å²) in [6.07, 6.45) is 1.61. The van der Waals surface area contributed by atoms with Gasteiger partial charge in [0.1, 0.15) is 5.69 Å². The average molecular weight is 322 g/mol. The van der Waals surface area contributed by atoms with Crippen molar-refractivity contribution in [3.8, 4) is 11.5 Å². The average Bonchev–Trinajstić information content (AvgIpc) is 3.08. The van der Waals surface area contributed by atoms with Crippen LogP contribution in [0.4, 0.5) is 0 Å². The number of furan rings is 1. The highest BCUT2D eigenvalue weighted by molar-refractivity contribution is 6.07. The van der Waals surface area contributed by atoms with Gasteiger partial charge in [-0.25, -0.2) is 4.98 Å². The maximum atomic E-state index is 12.8. The van der Waals surface area contributed by atoms with Crippen molar-refractivity contribution in [2.45, 2.75) is 33.7 Å². The molecule has 2 heterocycles. The predicted molar refractivity (Wildman–Crippen MR) is 95.9 cm³/mol. The van der Waals surface area contributed by atoms with E-state index in [-0.39, 0.29) is 11.9 Å². The first kappa shape index (κ1) is 16.2. The Morgan fingerprint density at radius 2 is 1.96 bits per heavy atom. The van der Waals surface area contributed by atoms with Crippen molar-refractivity contribution in [3.05, 3.63) is 53.8 Å². The number of fused-ring (bicyclic) bond motifs is 1. The molecule has 2 aromatic heterocycles. The Hall–Kier alpha value is -2.62. The van der Waals surface area contributed by atoms with Crippen molar-refractivity contribution in [1.82, 2.24) is 10.3 Å².